The summed E-state index contributed by atoms with van der Waals surface area (Å²) in [6.07, 6.45) is 0. The number of carboxylic acid groups (broad SMARTS) is 1. The van der Waals surface area contributed by atoms with E-state index in [2.05, 4.69) is 15.3 Å². The highest BCUT2D eigenvalue weighted by Crippen LogP contribution is 2.21. The summed E-state index contributed by atoms with van der Waals surface area (Å²) in [7, 11) is 0. The Bertz CT molecular complexity index is 1070. The molecule has 0 aliphatic carbocycles. The SMILES string of the molecule is Cc1cc(C)n(-c2ccc(C(=O)N3Cc4nnc(C)n4CC3C(=O)O)cc2)n1. The van der Waals surface area contributed by atoms with Gasteiger partial charge in [0.2, 0.25) is 0 Å². The van der Waals surface area contributed by atoms with Crippen molar-refractivity contribution in [3.05, 3.63) is 58.9 Å². The third-order valence-corrected chi connectivity index (χ3v) is 4.97. The summed E-state index contributed by atoms with van der Waals surface area (Å²) in [5.74, 6) is -0.171. The summed E-state index contributed by atoms with van der Waals surface area (Å²) >= 11 is 0. The predicted octanol–water partition coefficient (Wildman–Crippen LogP) is 1.50. The van der Waals surface area contributed by atoms with Gasteiger partial charge in [-0.25, -0.2) is 9.48 Å². The van der Waals surface area contributed by atoms with E-state index in [1.807, 2.05) is 19.9 Å². The standard InChI is InChI=1S/C19H20N6O3/c1-11-8-12(2)25(22-11)15-6-4-14(5-7-15)18(26)24-10-17-21-20-13(3)23(17)9-16(24)19(27)28/h4-8,16H,9-10H2,1-3H3,(H,27,28). The smallest absolute Gasteiger partial charge is 0.328 e. The Morgan fingerprint density at radius 3 is 2.43 bits per heavy atom. The second-order valence-corrected chi connectivity index (χ2v) is 6.95. The van der Waals surface area contributed by atoms with Crippen molar-refractivity contribution >= 4 is 11.9 Å². The molecular weight excluding hydrogens is 360 g/mol. The molecule has 0 bridgehead atoms. The molecule has 1 amide bonds. The van der Waals surface area contributed by atoms with Crippen molar-refractivity contribution in [1.29, 1.82) is 0 Å². The lowest BCUT2D eigenvalue weighted by molar-refractivity contribution is -0.143. The van der Waals surface area contributed by atoms with E-state index >= 15 is 0 Å². The van der Waals surface area contributed by atoms with Crippen molar-refractivity contribution in [2.75, 3.05) is 0 Å². The van der Waals surface area contributed by atoms with Crippen LogP contribution >= 0.6 is 0 Å². The van der Waals surface area contributed by atoms with Gasteiger partial charge in [0.15, 0.2) is 5.82 Å². The number of nitrogens with zero attached hydrogens (tertiary/aromatic N) is 6. The van der Waals surface area contributed by atoms with Crippen LogP contribution < -0.4 is 0 Å². The fraction of sp³-hybridized carbons (Fsp3) is 0.316. The molecule has 1 unspecified atom stereocenters. The average molecular weight is 380 g/mol. The maximum Gasteiger partial charge on any atom is 0.328 e. The number of carboxylic acids is 1. The van der Waals surface area contributed by atoms with Gasteiger partial charge in [0.1, 0.15) is 11.9 Å². The van der Waals surface area contributed by atoms with Gasteiger partial charge in [-0.2, -0.15) is 5.10 Å². The van der Waals surface area contributed by atoms with E-state index in [1.54, 1.807) is 40.4 Å². The van der Waals surface area contributed by atoms with Gasteiger partial charge in [-0.1, -0.05) is 0 Å². The van der Waals surface area contributed by atoms with Crippen LogP contribution in [0.15, 0.2) is 30.3 Å². The van der Waals surface area contributed by atoms with Gasteiger partial charge in [-0.05, 0) is 51.1 Å². The number of carbonyl (C=O) groups excluding carboxylic acids is 1. The second kappa shape index (κ2) is 6.59. The highest BCUT2D eigenvalue weighted by molar-refractivity contribution is 5.96. The van der Waals surface area contributed by atoms with Gasteiger partial charge in [0, 0.05) is 11.3 Å². The van der Waals surface area contributed by atoms with Gasteiger partial charge in [0.05, 0.1) is 24.5 Å². The van der Waals surface area contributed by atoms with E-state index < -0.39 is 12.0 Å². The first-order valence-corrected chi connectivity index (χ1v) is 8.91. The summed E-state index contributed by atoms with van der Waals surface area (Å²) in [4.78, 5) is 26.1. The molecule has 0 spiro atoms. The molecule has 144 valence electrons. The minimum atomic E-state index is -1.05. The number of hydrogen-bond donors (Lipinski definition) is 1. The average Bonchev–Trinajstić information content (AvgIpc) is 3.21. The van der Waals surface area contributed by atoms with Gasteiger partial charge in [-0.3, -0.25) is 4.79 Å². The number of carbonyl (C=O) groups is 2. The summed E-state index contributed by atoms with van der Waals surface area (Å²) in [5, 5.41) is 22.1. The highest BCUT2D eigenvalue weighted by atomic mass is 16.4. The van der Waals surface area contributed by atoms with Crippen molar-refractivity contribution in [3.8, 4) is 5.69 Å². The number of amides is 1. The van der Waals surface area contributed by atoms with Crippen LogP contribution in [0.5, 0.6) is 0 Å². The topological polar surface area (TPSA) is 106 Å². The molecule has 4 rings (SSSR count). The molecule has 1 N–H and O–H groups in total. The first kappa shape index (κ1) is 17.9. The van der Waals surface area contributed by atoms with E-state index in [1.165, 1.54) is 4.90 Å². The number of rotatable bonds is 3. The zero-order valence-electron chi connectivity index (χ0n) is 15.8. The molecule has 1 atom stereocenters. The van der Waals surface area contributed by atoms with Gasteiger partial charge in [0.25, 0.3) is 5.91 Å². The summed E-state index contributed by atoms with van der Waals surface area (Å²) in [6.45, 7) is 5.90. The quantitative estimate of drug-likeness (QED) is 0.738. The Morgan fingerprint density at radius 2 is 1.82 bits per heavy atom. The maximum absolute atomic E-state index is 13.0. The summed E-state index contributed by atoms with van der Waals surface area (Å²) in [5.41, 5.74) is 3.16. The molecule has 0 saturated heterocycles. The monoisotopic (exact) mass is 380 g/mol. The zero-order valence-corrected chi connectivity index (χ0v) is 15.8. The van der Waals surface area contributed by atoms with Crippen molar-refractivity contribution in [1.82, 2.24) is 29.4 Å². The zero-order chi connectivity index (χ0) is 20.0. The third-order valence-electron chi connectivity index (χ3n) is 4.97. The van der Waals surface area contributed by atoms with E-state index in [9.17, 15) is 14.7 Å². The molecule has 3 aromatic rings. The molecular formula is C19H20N6O3. The minimum absolute atomic E-state index is 0.107. The molecule has 3 heterocycles. The van der Waals surface area contributed by atoms with Crippen LogP contribution in [-0.4, -0.2) is 52.5 Å². The third kappa shape index (κ3) is 2.94. The van der Waals surface area contributed by atoms with Crippen LogP contribution in [0.2, 0.25) is 0 Å². The number of hydrogen-bond acceptors (Lipinski definition) is 5. The first-order valence-electron chi connectivity index (χ1n) is 8.91. The number of fused-ring (bicyclic) bond motifs is 1. The van der Waals surface area contributed by atoms with Crippen molar-refractivity contribution in [2.24, 2.45) is 0 Å². The Morgan fingerprint density at radius 1 is 1.11 bits per heavy atom. The molecule has 9 heteroatoms. The van der Waals surface area contributed by atoms with E-state index in [4.69, 9.17) is 0 Å². The van der Waals surface area contributed by atoms with Crippen LogP contribution in [0.1, 0.15) is 33.4 Å². The molecule has 0 saturated carbocycles. The Labute approximate surface area is 161 Å². The fourth-order valence-corrected chi connectivity index (χ4v) is 3.54. The molecule has 1 aromatic carbocycles. The van der Waals surface area contributed by atoms with E-state index in [0.717, 1.165) is 17.1 Å². The van der Waals surface area contributed by atoms with Gasteiger partial charge in [-0.15, -0.1) is 10.2 Å². The van der Waals surface area contributed by atoms with E-state index in [-0.39, 0.29) is 19.0 Å². The van der Waals surface area contributed by atoms with Crippen LogP contribution in [0.4, 0.5) is 0 Å². The van der Waals surface area contributed by atoms with E-state index in [0.29, 0.717) is 17.2 Å². The fourth-order valence-electron chi connectivity index (χ4n) is 3.54. The lowest BCUT2D eigenvalue weighted by atomic mass is 10.1. The molecule has 0 radical (unpaired) electrons. The van der Waals surface area contributed by atoms with Crippen molar-refractivity contribution in [3.63, 3.8) is 0 Å². The summed E-state index contributed by atoms with van der Waals surface area (Å²) < 4.78 is 3.55. The Balaban J connectivity index is 1.63. The summed E-state index contributed by atoms with van der Waals surface area (Å²) in [6, 6.07) is 8.00. The van der Waals surface area contributed by atoms with Gasteiger partial charge < -0.3 is 14.6 Å². The molecule has 1 aliphatic rings. The lowest BCUT2D eigenvalue weighted by Crippen LogP contribution is -2.50. The van der Waals surface area contributed by atoms with Crippen LogP contribution in [-0.2, 0) is 17.9 Å². The largest absolute Gasteiger partial charge is 0.480 e. The Kier molecular flexibility index (Phi) is 4.21. The maximum atomic E-state index is 13.0. The molecule has 9 nitrogen and oxygen atoms in total. The molecule has 1 aliphatic heterocycles. The van der Waals surface area contributed by atoms with Crippen LogP contribution in [0.3, 0.4) is 0 Å². The first-order chi connectivity index (χ1) is 13.3. The van der Waals surface area contributed by atoms with Crippen LogP contribution in [0.25, 0.3) is 5.69 Å². The number of benzene rings is 1. The Hall–Kier alpha value is -3.49. The van der Waals surface area contributed by atoms with Gasteiger partial charge >= 0.3 is 5.97 Å². The number of aryl methyl sites for hydroxylation is 3. The normalized spacial score (nSPS) is 16.1. The molecule has 28 heavy (non-hydrogen) atoms. The highest BCUT2D eigenvalue weighted by Gasteiger charge is 2.36. The van der Waals surface area contributed by atoms with Crippen LogP contribution in [0, 0.1) is 20.8 Å². The second-order valence-electron chi connectivity index (χ2n) is 6.95. The predicted molar refractivity (Wildman–Crippen MR) is 99.1 cm³/mol. The number of aromatic nitrogens is 5. The molecule has 2 aromatic heterocycles. The number of aliphatic carboxylic acids is 1. The van der Waals surface area contributed by atoms with Crippen molar-refractivity contribution in [2.45, 2.75) is 39.9 Å². The minimum Gasteiger partial charge on any atom is -0.480 e. The lowest BCUT2D eigenvalue weighted by Gasteiger charge is -2.33. The van der Waals surface area contributed by atoms with Crippen molar-refractivity contribution < 1.29 is 14.7 Å². The molecule has 0 fully saturated rings.